The summed E-state index contributed by atoms with van der Waals surface area (Å²) in [5.74, 6) is -2.05. The highest BCUT2D eigenvalue weighted by Gasteiger charge is 2.39. The lowest BCUT2D eigenvalue weighted by Crippen LogP contribution is -2.46. The molecule has 1 amide bonds. The van der Waals surface area contributed by atoms with Crippen molar-refractivity contribution in [2.24, 2.45) is 23.5 Å². The molecular formula is C28H40FN3O4. The first kappa shape index (κ1) is 29.2. The number of ketones is 3. The third-order valence-electron chi connectivity index (χ3n) is 6.84. The number of nitrogens with zero attached hydrogens (tertiary/aromatic N) is 1. The summed E-state index contributed by atoms with van der Waals surface area (Å²) in [6.45, 7) is 7.15. The lowest BCUT2D eigenvalue weighted by atomic mass is 9.87. The summed E-state index contributed by atoms with van der Waals surface area (Å²) in [6, 6.07) is 8.77. The van der Waals surface area contributed by atoms with Crippen molar-refractivity contribution in [3.63, 3.8) is 0 Å². The molecule has 1 aliphatic heterocycles. The first-order chi connectivity index (χ1) is 17.1. The van der Waals surface area contributed by atoms with Crippen molar-refractivity contribution in [1.29, 1.82) is 0 Å². The van der Waals surface area contributed by atoms with Crippen LogP contribution in [-0.4, -0.2) is 54.0 Å². The van der Waals surface area contributed by atoms with Gasteiger partial charge in [0, 0.05) is 44.2 Å². The summed E-state index contributed by atoms with van der Waals surface area (Å²) in [6.07, 6.45) is 2.35. The lowest BCUT2D eigenvalue weighted by Gasteiger charge is -2.30. The molecule has 0 saturated carbocycles. The number of Topliss-reactive ketones (excluding diaryl/α,β-unsaturated/α-hetero) is 3. The van der Waals surface area contributed by atoms with Crippen molar-refractivity contribution >= 4 is 23.3 Å². The fourth-order valence-electron chi connectivity index (χ4n) is 4.79. The molecule has 0 radical (unpaired) electrons. The zero-order valence-corrected chi connectivity index (χ0v) is 21.5. The first-order valence-corrected chi connectivity index (χ1v) is 12.8. The highest BCUT2D eigenvalue weighted by molar-refractivity contribution is 5.95. The van der Waals surface area contributed by atoms with Gasteiger partial charge in [0.05, 0.1) is 11.9 Å². The van der Waals surface area contributed by atoms with E-state index in [0.717, 1.165) is 5.56 Å². The number of benzene rings is 1. The minimum absolute atomic E-state index is 0.0160. The van der Waals surface area contributed by atoms with Crippen LogP contribution in [0.25, 0.3) is 0 Å². The molecule has 1 heterocycles. The van der Waals surface area contributed by atoms with Gasteiger partial charge in [-0.05, 0) is 37.2 Å². The Kier molecular flexibility index (Phi) is 11.8. The number of hydrogen-bond donors (Lipinski definition) is 2. The van der Waals surface area contributed by atoms with Gasteiger partial charge in [-0.1, -0.05) is 50.8 Å². The van der Waals surface area contributed by atoms with Crippen LogP contribution in [0, 0.1) is 17.8 Å². The number of carbonyl (C=O) groups excluding carboxylic acids is 4. The van der Waals surface area contributed by atoms with E-state index in [1.54, 1.807) is 4.90 Å². The van der Waals surface area contributed by atoms with E-state index in [0.29, 0.717) is 44.6 Å². The molecule has 3 atom stereocenters. The van der Waals surface area contributed by atoms with Crippen LogP contribution in [0.2, 0.25) is 0 Å². The third kappa shape index (κ3) is 8.88. The largest absolute Gasteiger partial charge is 0.386 e. The minimum Gasteiger partial charge on any atom is -0.386 e. The number of halogens is 1. The smallest absolute Gasteiger partial charge is 0.226 e. The summed E-state index contributed by atoms with van der Waals surface area (Å²) in [4.78, 5) is 53.2. The summed E-state index contributed by atoms with van der Waals surface area (Å²) >= 11 is 0. The van der Waals surface area contributed by atoms with Gasteiger partial charge < -0.3 is 16.0 Å². The van der Waals surface area contributed by atoms with Gasteiger partial charge in [0.2, 0.25) is 5.91 Å². The number of alkyl halides is 1. The number of rotatable bonds is 16. The molecule has 2 rings (SSSR count). The normalized spacial score (nSPS) is 17.0. The summed E-state index contributed by atoms with van der Waals surface area (Å²) in [5, 5.41) is 2.85. The molecular weight excluding hydrogens is 461 g/mol. The number of nitrogens with two attached hydrogens (primary N) is 1. The number of carbonyl (C=O) groups is 4. The Morgan fingerprint density at radius 2 is 1.86 bits per heavy atom. The van der Waals surface area contributed by atoms with E-state index in [1.165, 1.54) is 0 Å². The molecule has 1 aromatic carbocycles. The maximum absolute atomic E-state index is 13.5. The Bertz CT molecular complexity index is 919. The standard InChI is InChI=1S/C28H40FN3O4/c1-19(2)24(17-23(33)15-21-9-5-4-6-10-21)28(36)32-14-8-12-25(32)26(34)16-22(27(35)18-29)11-7-13-31-20(3)30/h4-6,9-10,19,22,24-25,31H,3,7-8,11-18,30H2,1-2H3/t22-,24+,25+/m1/s1. The Hall–Kier alpha value is -3.03. The van der Waals surface area contributed by atoms with Crippen LogP contribution in [0.15, 0.2) is 42.7 Å². The fraction of sp³-hybridized carbons (Fsp3) is 0.571. The molecule has 1 saturated heterocycles. The highest BCUT2D eigenvalue weighted by atomic mass is 19.1. The van der Waals surface area contributed by atoms with Crippen LogP contribution < -0.4 is 11.1 Å². The van der Waals surface area contributed by atoms with Crippen molar-refractivity contribution < 1.29 is 23.6 Å². The van der Waals surface area contributed by atoms with Gasteiger partial charge in [-0.2, -0.15) is 0 Å². The van der Waals surface area contributed by atoms with Gasteiger partial charge >= 0.3 is 0 Å². The van der Waals surface area contributed by atoms with Crippen LogP contribution in [0.3, 0.4) is 0 Å². The van der Waals surface area contributed by atoms with E-state index in [1.807, 2.05) is 44.2 Å². The van der Waals surface area contributed by atoms with E-state index in [-0.39, 0.29) is 42.7 Å². The lowest BCUT2D eigenvalue weighted by molar-refractivity contribution is -0.144. The SMILES string of the molecule is C=C(N)NCCC[C@H](CC(=O)[C@@H]1CCCN1C(=O)[C@@H](CC(=O)Cc1ccccc1)C(C)C)C(=O)CF. The molecule has 3 N–H and O–H groups in total. The van der Waals surface area contributed by atoms with Gasteiger partial charge in [-0.3, -0.25) is 19.2 Å². The Morgan fingerprint density at radius 1 is 1.17 bits per heavy atom. The molecule has 0 bridgehead atoms. The fourth-order valence-corrected chi connectivity index (χ4v) is 4.79. The molecule has 0 aliphatic carbocycles. The quantitative estimate of drug-likeness (QED) is 0.336. The second kappa shape index (κ2) is 14.5. The topological polar surface area (TPSA) is 110 Å². The molecule has 198 valence electrons. The number of likely N-dealkylation sites (tertiary alicyclic amines) is 1. The Morgan fingerprint density at radius 3 is 2.47 bits per heavy atom. The van der Waals surface area contributed by atoms with Crippen LogP contribution in [-0.2, 0) is 25.6 Å². The monoisotopic (exact) mass is 501 g/mol. The van der Waals surface area contributed by atoms with Crippen LogP contribution >= 0.6 is 0 Å². The Balaban J connectivity index is 2.04. The molecule has 1 aliphatic rings. The minimum atomic E-state index is -1.12. The number of amides is 1. The molecule has 1 fully saturated rings. The van der Waals surface area contributed by atoms with Gasteiger partial charge in [-0.25, -0.2) is 4.39 Å². The molecule has 0 unspecified atom stereocenters. The molecule has 0 aromatic heterocycles. The van der Waals surface area contributed by atoms with Gasteiger partial charge in [0.1, 0.15) is 12.5 Å². The van der Waals surface area contributed by atoms with Gasteiger partial charge in [0.15, 0.2) is 11.6 Å². The zero-order valence-electron chi connectivity index (χ0n) is 21.5. The second-order valence-corrected chi connectivity index (χ2v) is 10.0. The third-order valence-corrected chi connectivity index (χ3v) is 6.84. The van der Waals surface area contributed by atoms with Crippen molar-refractivity contribution in [1.82, 2.24) is 10.2 Å². The van der Waals surface area contributed by atoms with E-state index >= 15 is 0 Å². The second-order valence-electron chi connectivity index (χ2n) is 10.0. The van der Waals surface area contributed by atoms with Crippen molar-refractivity contribution in [3.05, 3.63) is 48.3 Å². The van der Waals surface area contributed by atoms with Crippen molar-refractivity contribution in [3.8, 4) is 0 Å². The zero-order chi connectivity index (χ0) is 26.7. The summed E-state index contributed by atoms with van der Waals surface area (Å²) in [7, 11) is 0. The predicted octanol–water partition coefficient (Wildman–Crippen LogP) is 3.37. The molecule has 7 nitrogen and oxygen atoms in total. The Labute approximate surface area is 213 Å². The number of hydrogen-bond acceptors (Lipinski definition) is 6. The predicted molar refractivity (Wildman–Crippen MR) is 137 cm³/mol. The number of nitrogens with one attached hydrogen (secondary N) is 1. The molecule has 1 aromatic rings. The average molecular weight is 502 g/mol. The molecule has 36 heavy (non-hydrogen) atoms. The van der Waals surface area contributed by atoms with Crippen molar-refractivity contribution in [2.45, 2.75) is 64.8 Å². The maximum atomic E-state index is 13.5. The van der Waals surface area contributed by atoms with Crippen LogP contribution in [0.1, 0.15) is 57.9 Å². The van der Waals surface area contributed by atoms with Gasteiger partial charge in [-0.15, -0.1) is 0 Å². The highest BCUT2D eigenvalue weighted by Crippen LogP contribution is 2.28. The summed E-state index contributed by atoms with van der Waals surface area (Å²) in [5.41, 5.74) is 6.38. The van der Waals surface area contributed by atoms with Gasteiger partial charge in [0.25, 0.3) is 0 Å². The molecule has 8 heteroatoms. The van der Waals surface area contributed by atoms with E-state index < -0.39 is 30.3 Å². The van der Waals surface area contributed by atoms with Crippen molar-refractivity contribution in [2.75, 3.05) is 19.8 Å². The van der Waals surface area contributed by atoms with E-state index in [2.05, 4.69) is 11.9 Å². The molecule has 0 spiro atoms. The van der Waals surface area contributed by atoms with E-state index in [4.69, 9.17) is 5.73 Å². The first-order valence-electron chi connectivity index (χ1n) is 12.8. The maximum Gasteiger partial charge on any atom is 0.226 e. The average Bonchev–Trinajstić information content (AvgIpc) is 3.34. The van der Waals surface area contributed by atoms with Crippen LogP contribution in [0.4, 0.5) is 4.39 Å². The summed E-state index contributed by atoms with van der Waals surface area (Å²) < 4.78 is 13.2. The van der Waals surface area contributed by atoms with E-state index in [9.17, 15) is 23.6 Å². The van der Waals surface area contributed by atoms with Crippen LogP contribution in [0.5, 0.6) is 0 Å².